The van der Waals surface area contributed by atoms with Crippen molar-refractivity contribution in [3.8, 4) is 5.69 Å². The number of amides is 1. The van der Waals surface area contributed by atoms with E-state index in [0.717, 1.165) is 16.3 Å². The molecule has 29 heavy (non-hydrogen) atoms. The Balaban J connectivity index is 1.63. The van der Waals surface area contributed by atoms with E-state index in [2.05, 4.69) is 15.4 Å². The van der Waals surface area contributed by atoms with Gasteiger partial charge in [0.15, 0.2) is 0 Å². The van der Waals surface area contributed by atoms with Crippen LogP contribution in [0, 0.1) is 10.1 Å². The zero-order valence-electron chi connectivity index (χ0n) is 15.5. The minimum Gasteiger partial charge on any atom is -0.345 e. The van der Waals surface area contributed by atoms with Gasteiger partial charge in [0.25, 0.3) is 11.6 Å². The van der Waals surface area contributed by atoms with Crippen LogP contribution >= 0.6 is 0 Å². The van der Waals surface area contributed by atoms with Crippen molar-refractivity contribution in [1.29, 1.82) is 0 Å². The molecule has 0 fully saturated rings. The summed E-state index contributed by atoms with van der Waals surface area (Å²) in [6.07, 6.45) is 2.65. The van der Waals surface area contributed by atoms with E-state index in [-0.39, 0.29) is 23.0 Å². The summed E-state index contributed by atoms with van der Waals surface area (Å²) in [6.45, 7) is 1.89. The van der Waals surface area contributed by atoms with Gasteiger partial charge in [-0.1, -0.05) is 42.5 Å². The lowest BCUT2D eigenvalue weighted by Crippen LogP contribution is -2.27. The highest BCUT2D eigenvalue weighted by Gasteiger charge is 2.21. The molecule has 0 saturated heterocycles. The lowest BCUT2D eigenvalue weighted by atomic mass is 9.99. The third-order valence-electron chi connectivity index (χ3n) is 4.74. The van der Waals surface area contributed by atoms with Gasteiger partial charge in [0.05, 0.1) is 11.0 Å². The van der Waals surface area contributed by atoms with E-state index in [0.29, 0.717) is 0 Å². The summed E-state index contributed by atoms with van der Waals surface area (Å²) in [6, 6.07) is 17.9. The van der Waals surface area contributed by atoms with Gasteiger partial charge in [0.1, 0.15) is 18.3 Å². The molecular weight excluding hydrogens is 370 g/mol. The fourth-order valence-corrected chi connectivity index (χ4v) is 3.32. The SMILES string of the molecule is CC(NC(=O)c1ccc(-n2cncn2)c([N+](=O)[O-])c1)c1cccc2ccccc12. The van der Waals surface area contributed by atoms with Crippen molar-refractivity contribution >= 4 is 22.4 Å². The number of hydrogen-bond donors (Lipinski definition) is 1. The summed E-state index contributed by atoms with van der Waals surface area (Å²) >= 11 is 0. The first-order chi connectivity index (χ1) is 14.0. The van der Waals surface area contributed by atoms with Crippen molar-refractivity contribution < 1.29 is 9.72 Å². The summed E-state index contributed by atoms with van der Waals surface area (Å²) in [4.78, 5) is 27.5. The molecule has 0 radical (unpaired) electrons. The monoisotopic (exact) mass is 387 g/mol. The highest BCUT2D eigenvalue weighted by atomic mass is 16.6. The van der Waals surface area contributed by atoms with Crippen LogP contribution in [0.25, 0.3) is 16.5 Å². The molecule has 1 heterocycles. The predicted octanol–water partition coefficient (Wildman–Crippen LogP) is 3.82. The normalized spacial score (nSPS) is 11.9. The van der Waals surface area contributed by atoms with Gasteiger partial charge in [-0.05, 0) is 35.4 Å². The minimum absolute atomic E-state index is 0.202. The Morgan fingerprint density at radius 1 is 1.14 bits per heavy atom. The van der Waals surface area contributed by atoms with Gasteiger partial charge in [-0.15, -0.1) is 0 Å². The number of carbonyl (C=O) groups is 1. The van der Waals surface area contributed by atoms with E-state index in [1.165, 1.54) is 35.5 Å². The average molecular weight is 387 g/mol. The van der Waals surface area contributed by atoms with Crippen LogP contribution in [0.4, 0.5) is 5.69 Å². The molecule has 4 aromatic rings. The molecule has 0 bridgehead atoms. The second kappa shape index (κ2) is 7.51. The van der Waals surface area contributed by atoms with Crippen LogP contribution in [0.5, 0.6) is 0 Å². The molecule has 4 rings (SSSR count). The highest BCUT2D eigenvalue weighted by Crippen LogP contribution is 2.26. The van der Waals surface area contributed by atoms with E-state index in [4.69, 9.17) is 0 Å². The molecule has 1 amide bonds. The molecule has 1 unspecified atom stereocenters. The molecule has 0 saturated carbocycles. The van der Waals surface area contributed by atoms with E-state index >= 15 is 0 Å². The maximum Gasteiger partial charge on any atom is 0.295 e. The number of aromatic nitrogens is 3. The van der Waals surface area contributed by atoms with Crippen molar-refractivity contribution in [3.63, 3.8) is 0 Å². The van der Waals surface area contributed by atoms with Crippen LogP contribution in [-0.2, 0) is 0 Å². The number of rotatable bonds is 5. The highest BCUT2D eigenvalue weighted by molar-refractivity contribution is 5.96. The molecule has 3 aromatic carbocycles. The number of nitro benzene ring substituents is 1. The summed E-state index contributed by atoms with van der Waals surface area (Å²) in [7, 11) is 0. The summed E-state index contributed by atoms with van der Waals surface area (Å²) in [5, 5.41) is 20.5. The Kier molecular flexibility index (Phi) is 4.74. The molecule has 0 aliphatic heterocycles. The van der Waals surface area contributed by atoms with Gasteiger partial charge in [-0.2, -0.15) is 5.10 Å². The Morgan fingerprint density at radius 3 is 2.69 bits per heavy atom. The first kappa shape index (κ1) is 18.3. The van der Waals surface area contributed by atoms with E-state index < -0.39 is 10.8 Å². The summed E-state index contributed by atoms with van der Waals surface area (Å²) < 4.78 is 1.29. The summed E-state index contributed by atoms with van der Waals surface area (Å²) in [5.41, 5.74) is 1.20. The van der Waals surface area contributed by atoms with Gasteiger partial charge in [-0.25, -0.2) is 9.67 Å². The zero-order chi connectivity index (χ0) is 20.4. The maximum atomic E-state index is 12.8. The van der Waals surface area contributed by atoms with E-state index in [1.807, 2.05) is 49.4 Å². The summed E-state index contributed by atoms with van der Waals surface area (Å²) in [5.74, 6) is -0.390. The fourth-order valence-electron chi connectivity index (χ4n) is 3.32. The van der Waals surface area contributed by atoms with Gasteiger partial charge in [-0.3, -0.25) is 14.9 Å². The smallest absolute Gasteiger partial charge is 0.295 e. The zero-order valence-corrected chi connectivity index (χ0v) is 15.5. The van der Waals surface area contributed by atoms with Crippen molar-refractivity contribution in [1.82, 2.24) is 20.1 Å². The number of benzene rings is 3. The fraction of sp³-hybridized carbons (Fsp3) is 0.0952. The maximum absolute atomic E-state index is 12.8. The Hall–Kier alpha value is -4.07. The molecule has 8 heteroatoms. The number of nitro groups is 1. The van der Waals surface area contributed by atoms with Crippen molar-refractivity contribution in [2.45, 2.75) is 13.0 Å². The molecule has 1 N–H and O–H groups in total. The lowest BCUT2D eigenvalue weighted by molar-refractivity contribution is -0.384. The van der Waals surface area contributed by atoms with Gasteiger partial charge < -0.3 is 5.32 Å². The molecule has 0 aliphatic carbocycles. The largest absolute Gasteiger partial charge is 0.345 e. The average Bonchev–Trinajstić information content (AvgIpc) is 3.27. The van der Waals surface area contributed by atoms with Crippen LogP contribution in [0.15, 0.2) is 73.3 Å². The van der Waals surface area contributed by atoms with Crippen LogP contribution < -0.4 is 5.32 Å². The Morgan fingerprint density at radius 2 is 1.93 bits per heavy atom. The van der Waals surface area contributed by atoms with Gasteiger partial charge in [0, 0.05) is 11.6 Å². The van der Waals surface area contributed by atoms with E-state index in [1.54, 1.807) is 0 Å². The number of nitrogens with one attached hydrogen (secondary N) is 1. The predicted molar refractivity (Wildman–Crippen MR) is 108 cm³/mol. The second-order valence-corrected chi connectivity index (χ2v) is 6.56. The number of carbonyl (C=O) groups excluding carboxylic acids is 1. The third kappa shape index (κ3) is 3.55. The molecule has 8 nitrogen and oxygen atoms in total. The van der Waals surface area contributed by atoms with Gasteiger partial charge in [0.2, 0.25) is 0 Å². The minimum atomic E-state index is -0.540. The van der Waals surface area contributed by atoms with Crippen LogP contribution in [0.3, 0.4) is 0 Å². The van der Waals surface area contributed by atoms with Crippen LogP contribution in [0.1, 0.15) is 28.9 Å². The second-order valence-electron chi connectivity index (χ2n) is 6.56. The van der Waals surface area contributed by atoms with Crippen LogP contribution in [0.2, 0.25) is 0 Å². The molecule has 0 aliphatic rings. The number of fused-ring (bicyclic) bond motifs is 1. The third-order valence-corrected chi connectivity index (χ3v) is 4.74. The molecule has 0 spiro atoms. The Labute approximate surface area is 166 Å². The first-order valence-corrected chi connectivity index (χ1v) is 8.96. The van der Waals surface area contributed by atoms with Crippen molar-refractivity contribution in [2.75, 3.05) is 0 Å². The molecule has 144 valence electrons. The molecular formula is C21H17N5O3. The first-order valence-electron chi connectivity index (χ1n) is 8.96. The van der Waals surface area contributed by atoms with Crippen molar-refractivity contribution in [3.05, 3.63) is 94.6 Å². The quantitative estimate of drug-likeness (QED) is 0.414. The number of nitrogens with zero attached hydrogens (tertiary/aromatic N) is 4. The number of hydrogen-bond acceptors (Lipinski definition) is 5. The van der Waals surface area contributed by atoms with Crippen molar-refractivity contribution in [2.24, 2.45) is 0 Å². The molecule has 1 aromatic heterocycles. The van der Waals surface area contributed by atoms with Gasteiger partial charge >= 0.3 is 0 Å². The standard InChI is InChI=1S/C21H17N5O3/c1-14(17-8-4-6-15-5-2-3-7-18(15)17)24-21(27)16-9-10-19(20(11-16)26(28)29)25-13-22-12-23-25/h2-14H,1H3,(H,24,27). The molecule has 1 atom stereocenters. The topological polar surface area (TPSA) is 103 Å². The Bertz CT molecular complexity index is 1200. The van der Waals surface area contributed by atoms with Crippen LogP contribution in [-0.4, -0.2) is 25.6 Å². The van der Waals surface area contributed by atoms with E-state index in [9.17, 15) is 14.9 Å². The lowest BCUT2D eigenvalue weighted by Gasteiger charge is -2.17.